The second kappa shape index (κ2) is 6.17. The van der Waals surface area contributed by atoms with Crippen LogP contribution < -0.4 is 5.19 Å². The molecule has 3 aromatic rings. The molecule has 0 N–H and O–H groups in total. The molecule has 0 amide bonds. The molecule has 0 spiro atoms. The van der Waals surface area contributed by atoms with Crippen molar-refractivity contribution in [1.29, 1.82) is 0 Å². The minimum Gasteiger partial charge on any atom is -0.0656 e. The summed E-state index contributed by atoms with van der Waals surface area (Å²) in [4.78, 5) is 0. The van der Waals surface area contributed by atoms with Gasteiger partial charge in [0, 0.05) is 0 Å². The second-order valence-corrected chi connectivity index (χ2v) is 12.3. The summed E-state index contributed by atoms with van der Waals surface area (Å²) < 4.78 is 0. The first kappa shape index (κ1) is 15.8. The van der Waals surface area contributed by atoms with Gasteiger partial charge in [-0.3, -0.25) is 0 Å². The van der Waals surface area contributed by atoms with E-state index in [0.717, 1.165) is 0 Å². The molecule has 0 aliphatic carbocycles. The smallest absolute Gasteiger partial charge is 0.0656 e. The number of hydrogen-bond donors (Lipinski definition) is 0. The lowest BCUT2D eigenvalue weighted by Gasteiger charge is -2.22. The second-order valence-electron chi connectivity index (χ2n) is 7.18. The Kier molecular flexibility index (Phi) is 4.23. The lowest BCUT2D eigenvalue weighted by atomic mass is 9.93. The molecule has 0 unspecified atom stereocenters. The van der Waals surface area contributed by atoms with Crippen LogP contribution in [0.3, 0.4) is 0 Å². The van der Waals surface area contributed by atoms with Gasteiger partial charge in [0.2, 0.25) is 0 Å². The number of hydrogen-bond acceptors (Lipinski definition) is 0. The molecule has 0 fully saturated rings. The minimum atomic E-state index is -1.38. The highest BCUT2D eigenvalue weighted by Gasteiger charge is 2.20. The summed E-state index contributed by atoms with van der Waals surface area (Å²) >= 11 is 0. The molecule has 3 aromatic carbocycles. The summed E-state index contributed by atoms with van der Waals surface area (Å²) in [7, 11) is -1.38. The first-order valence-corrected chi connectivity index (χ1v) is 11.7. The zero-order valence-electron chi connectivity index (χ0n) is 14.4. The fourth-order valence-corrected chi connectivity index (χ4v) is 4.14. The van der Waals surface area contributed by atoms with Crippen molar-refractivity contribution in [2.45, 2.75) is 26.6 Å². The molecule has 0 radical (unpaired) electrons. The van der Waals surface area contributed by atoms with Crippen molar-refractivity contribution in [1.82, 2.24) is 0 Å². The highest BCUT2D eigenvalue weighted by atomic mass is 28.3. The van der Waals surface area contributed by atoms with Gasteiger partial charge < -0.3 is 0 Å². The van der Waals surface area contributed by atoms with Crippen LogP contribution in [0, 0.1) is 6.92 Å². The fourth-order valence-electron chi connectivity index (χ4n) is 2.98. The third kappa shape index (κ3) is 3.30. The van der Waals surface area contributed by atoms with Crippen LogP contribution in [0.25, 0.3) is 22.3 Å². The van der Waals surface area contributed by atoms with Crippen LogP contribution in [0.1, 0.15) is 5.56 Å². The van der Waals surface area contributed by atoms with E-state index in [1.54, 1.807) is 0 Å². The van der Waals surface area contributed by atoms with Crippen LogP contribution in [0.4, 0.5) is 0 Å². The largest absolute Gasteiger partial charge is 0.0776 e. The van der Waals surface area contributed by atoms with E-state index in [1.807, 2.05) is 0 Å². The molecule has 116 valence electrons. The molecule has 0 saturated carbocycles. The molecule has 23 heavy (non-hydrogen) atoms. The standard InChI is InChI=1S/C22H24Si/c1-17-21(18-11-7-5-8-12-18)15-20(23(2,3)4)16-22(17)19-13-9-6-10-14-19/h5-16H,1-4H3. The van der Waals surface area contributed by atoms with Crippen molar-refractivity contribution in [3.8, 4) is 22.3 Å². The van der Waals surface area contributed by atoms with Gasteiger partial charge >= 0.3 is 0 Å². The van der Waals surface area contributed by atoms with Gasteiger partial charge in [-0.2, -0.15) is 0 Å². The van der Waals surface area contributed by atoms with Gasteiger partial charge in [0.15, 0.2) is 0 Å². The van der Waals surface area contributed by atoms with E-state index < -0.39 is 8.07 Å². The molecular formula is C22H24Si. The van der Waals surface area contributed by atoms with Crippen molar-refractivity contribution in [3.05, 3.63) is 78.4 Å². The summed E-state index contributed by atoms with van der Waals surface area (Å²) in [6.07, 6.45) is 0. The van der Waals surface area contributed by atoms with Crippen LogP contribution in [0.2, 0.25) is 19.6 Å². The monoisotopic (exact) mass is 316 g/mol. The van der Waals surface area contributed by atoms with Gasteiger partial charge in [-0.05, 0) is 34.7 Å². The average Bonchev–Trinajstić information content (AvgIpc) is 2.55. The Bertz CT molecular complexity index is 736. The van der Waals surface area contributed by atoms with Gasteiger partial charge in [0.05, 0.1) is 8.07 Å². The van der Waals surface area contributed by atoms with Crippen LogP contribution in [-0.4, -0.2) is 8.07 Å². The molecule has 0 bridgehead atoms. The van der Waals surface area contributed by atoms with E-state index in [1.165, 1.54) is 33.0 Å². The van der Waals surface area contributed by atoms with Gasteiger partial charge in [0.25, 0.3) is 0 Å². The fraction of sp³-hybridized carbons (Fsp3) is 0.182. The summed E-state index contributed by atoms with van der Waals surface area (Å²) in [5.41, 5.74) is 6.71. The first-order chi connectivity index (χ1) is 11.0. The molecule has 0 nitrogen and oxygen atoms in total. The van der Waals surface area contributed by atoms with Crippen molar-refractivity contribution in [2.75, 3.05) is 0 Å². The first-order valence-electron chi connectivity index (χ1n) is 8.23. The lowest BCUT2D eigenvalue weighted by Crippen LogP contribution is -2.37. The van der Waals surface area contributed by atoms with Crippen LogP contribution in [0.15, 0.2) is 72.8 Å². The van der Waals surface area contributed by atoms with E-state index in [-0.39, 0.29) is 0 Å². The lowest BCUT2D eigenvalue weighted by molar-refractivity contribution is 1.45. The molecule has 0 aliphatic heterocycles. The van der Waals surface area contributed by atoms with Crippen molar-refractivity contribution in [3.63, 3.8) is 0 Å². The molecule has 0 saturated heterocycles. The molecule has 1 heteroatoms. The normalized spacial score (nSPS) is 11.5. The Morgan fingerprint density at radius 1 is 0.609 bits per heavy atom. The predicted molar refractivity (Wildman–Crippen MR) is 105 cm³/mol. The summed E-state index contributed by atoms with van der Waals surface area (Å²) in [6.45, 7) is 9.50. The zero-order valence-corrected chi connectivity index (χ0v) is 15.4. The zero-order chi connectivity index (χ0) is 16.4. The summed E-state index contributed by atoms with van der Waals surface area (Å²) in [6, 6.07) is 26.4. The number of rotatable bonds is 3. The molecule has 0 aliphatic rings. The van der Waals surface area contributed by atoms with E-state index in [0.29, 0.717) is 0 Å². The Balaban J connectivity index is 2.28. The van der Waals surface area contributed by atoms with Crippen LogP contribution in [-0.2, 0) is 0 Å². The third-order valence-corrected chi connectivity index (χ3v) is 6.46. The van der Waals surface area contributed by atoms with E-state index >= 15 is 0 Å². The van der Waals surface area contributed by atoms with E-state index in [4.69, 9.17) is 0 Å². The maximum Gasteiger partial charge on any atom is 0.0776 e. The maximum absolute atomic E-state index is 2.42. The quantitative estimate of drug-likeness (QED) is 0.530. The maximum atomic E-state index is 2.42. The molecule has 0 heterocycles. The van der Waals surface area contributed by atoms with Crippen molar-refractivity contribution < 1.29 is 0 Å². The van der Waals surface area contributed by atoms with Gasteiger partial charge in [-0.1, -0.05) is 97.6 Å². The van der Waals surface area contributed by atoms with Gasteiger partial charge in [-0.15, -0.1) is 0 Å². The van der Waals surface area contributed by atoms with E-state index in [9.17, 15) is 0 Å². The van der Waals surface area contributed by atoms with Gasteiger partial charge in [0.1, 0.15) is 0 Å². The Hall–Kier alpha value is -2.12. The minimum absolute atomic E-state index is 1.31. The molecule has 3 rings (SSSR count). The summed E-state index contributed by atoms with van der Waals surface area (Å²) in [5, 5.41) is 1.51. The SMILES string of the molecule is Cc1c(-c2ccccc2)cc([Si](C)(C)C)cc1-c1ccccc1. The molecule has 0 aromatic heterocycles. The third-order valence-electron chi connectivity index (χ3n) is 4.44. The number of benzene rings is 3. The predicted octanol–water partition coefficient (Wildman–Crippen LogP) is 5.87. The van der Waals surface area contributed by atoms with E-state index in [2.05, 4.69) is 99.4 Å². The Labute approximate surface area is 140 Å². The highest BCUT2D eigenvalue weighted by Crippen LogP contribution is 2.31. The summed E-state index contributed by atoms with van der Waals surface area (Å²) in [5.74, 6) is 0. The van der Waals surface area contributed by atoms with Crippen LogP contribution >= 0.6 is 0 Å². The molecule has 0 atom stereocenters. The average molecular weight is 317 g/mol. The van der Waals surface area contributed by atoms with Crippen molar-refractivity contribution >= 4 is 13.3 Å². The van der Waals surface area contributed by atoms with Crippen LogP contribution in [0.5, 0.6) is 0 Å². The highest BCUT2D eigenvalue weighted by molar-refractivity contribution is 6.88. The Morgan fingerprint density at radius 2 is 1.00 bits per heavy atom. The van der Waals surface area contributed by atoms with Gasteiger partial charge in [-0.25, -0.2) is 0 Å². The van der Waals surface area contributed by atoms with Crippen molar-refractivity contribution in [2.24, 2.45) is 0 Å². The topological polar surface area (TPSA) is 0 Å². The molecular weight excluding hydrogens is 292 g/mol. The Morgan fingerprint density at radius 3 is 1.35 bits per heavy atom.